The summed E-state index contributed by atoms with van der Waals surface area (Å²) < 4.78 is 0. The SMILES string of the molecule is CCC1C(=O)NCCN1C(=O)c1cccc(N)c1Cl. The van der Waals surface area contributed by atoms with Crippen molar-refractivity contribution in [2.75, 3.05) is 18.8 Å². The summed E-state index contributed by atoms with van der Waals surface area (Å²) in [4.78, 5) is 25.8. The normalized spacial score (nSPS) is 19.2. The number of nitrogens with two attached hydrogens (primary N) is 1. The van der Waals surface area contributed by atoms with E-state index in [2.05, 4.69) is 5.32 Å². The molecule has 0 aliphatic carbocycles. The molecule has 2 rings (SSSR count). The number of amides is 2. The third-order valence-electron chi connectivity index (χ3n) is 3.24. The molecule has 1 aliphatic heterocycles. The van der Waals surface area contributed by atoms with Crippen molar-refractivity contribution in [1.29, 1.82) is 0 Å². The van der Waals surface area contributed by atoms with Crippen molar-refractivity contribution in [3.63, 3.8) is 0 Å². The number of piperazine rings is 1. The van der Waals surface area contributed by atoms with Crippen LogP contribution in [0.4, 0.5) is 5.69 Å². The highest BCUT2D eigenvalue weighted by molar-refractivity contribution is 6.36. The van der Waals surface area contributed by atoms with Crippen LogP contribution in [0, 0.1) is 0 Å². The lowest BCUT2D eigenvalue weighted by molar-refractivity contribution is -0.127. The third-order valence-corrected chi connectivity index (χ3v) is 3.66. The lowest BCUT2D eigenvalue weighted by Gasteiger charge is -2.34. The maximum Gasteiger partial charge on any atom is 0.256 e. The molecule has 1 atom stereocenters. The highest BCUT2D eigenvalue weighted by atomic mass is 35.5. The summed E-state index contributed by atoms with van der Waals surface area (Å²) in [6, 6.07) is 4.50. The summed E-state index contributed by atoms with van der Waals surface area (Å²) in [7, 11) is 0. The van der Waals surface area contributed by atoms with Gasteiger partial charge in [0.25, 0.3) is 5.91 Å². The van der Waals surface area contributed by atoms with Gasteiger partial charge >= 0.3 is 0 Å². The lowest BCUT2D eigenvalue weighted by atomic mass is 10.1. The Morgan fingerprint density at radius 3 is 3.00 bits per heavy atom. The zero-order valence-corrected chi connectivity index (χ0v) is 11.4. The maximum absolute atomic E-state index is 12.5. The summed E-state index contributed by atoms with van der Waals surface area (Å²) in [5.74, 6) is -0.374. The van der Waals surface area contributed by atoms with Gasteiger partial charge in [-0.2, -0.15) is 0 Å². The predicted molar refractivity (Wildman–Crippen MR) is 74.0 cm³/mol. The predicted octanol–water partition coefficient (Wildman–Crippen LogP) is 1.27. The molecule has 0 radical (unpaired) electrons. The van der Waals surface area contributed by atoms with Crippen molar-refractivity contribution in [1.82, 2.24) is 10.2 Å². The number of carbonyl (C=O) groups is 2. The van der Waals surface area contributed by atoms with E-state index in [0.29, 0.717) is 30.8 Å². The second kappa shape index (κ2) is 5.48. The number of halogens is 1. The van der Waals surface area contributed by atoms with Crippen LogP contribution in [0.3, 0.4) is 0 Å². The fourth-order valence-corrected chi connectivity index (χ4v) is 2.44. The first kappa shape index (κ1) is 13.7. The average molecular weight is 282 g/mol. The van der Waals surface area contributed by atoms with Gasteiger partial charge in [-0.15, -0.1) is 0 Å². The number of rotatable bonds is 2. The zero-order chi connectivity index (χ0) is 14.0. The Morgan fingerprint density at radius 2 is 2.32 bits per heavy atom. The Hall–Kier alpha value is -1.75. The molecule has 1 fully saturated rings. The molecule has 0 saturated carbocycles. The third kappa shape index (κ3) is 2.51. The fourth-order valence-electron chi connectivity index (χ4n) is 2.23. The molecule has 1 heterocycles. The average Bonchev–Trinajstić information content (AvgIpc) is 2.41. The number of nitrogens with zero attached hydrogens (tertiary/aromatic N) is 1. The molecular formula is C13H16ClN3O2. The van der Waals surface area contributed by atoms with Gasteiger partial charge in [0.1, 0.15) is 6.04 Å². The minimum Gasteiger partial charge on any atom is -0.398 e. The minimum atomic E-state index is -0.446. The summed E-state index contributed by atoms with van der Waals surface area (Å²) in [5.41, 5.74) is 6.41. The monoisotopic (exact) mass is 281 g/mol. The number of anilines is 1. The molecule has 102 valence electrons. The molecule has 6 heteroatoms. The molecule has 3 N–H and O–H groups in total. The van der Waals surface area contributed by atoms with Crippen LogP contribution in [-0.4, -0.2) is 35.8 Å². The lowest BCUT2D eigenvalue weighted by Crippen LogP contribution is -2.56. The largest absolute Gasteiger partial charge is 0.398 e. The van der Waals surface area contributed by atoms with Crippen LogP contribution in [0.2, 0.25) is 5.02 Å². The van der Waals surface area contributed by atoms with Crippen LogP contribution < -0.4 is 11.1 Å². The molecule has 0 aromatic heterocycles. The summed E-state index contributed by atoms with van der Waals surface area (Å²) >= 11 is 6.06. The standard InChI is InChI=1S/C13H16ClN3O2/c1-2-10-12(18)16-6-7-17(10)13(19)8-4-3-5-9(15)11(8)14/h3-5,10H,2,6-7,15H2,1H3,(H,16,18). The first-order valence-electron chi connectivity index (χ1n) is 6.19. The minimum absolute atomic E-state index is 0.123. The molecule has 1 unspecified atom stereocenters. The zero-order valence-electron chi connectivity index (χ0n) is 10.6. The Kier molecular flexibility index (Phi) is 3.95. The van der Waals surface area contributed by atoms with E-state index >= 15 is 0 Å². The van der Waals surface area contributed by atoms with Crippen LogP contribution in [0.5, 0.6) is 0 Å². The van der Waals surface area contributed by atoms with Crippen LogP contribution in [0.25, 0.3) is 0 Å². The molecule has 1 saturated heterocycles. The van der Waals surface area contributed by atoms with E-state index in [9.17, 15) is 9.59 Å². The highest BCUT2D eigenvalue weighted by Gasteiger charge is 2.32. The van der Waals surface area contributed by atoms with Crippen LogP contribution in [-0.2, 0) is 4.79 Å². The van der Waals surface area contributed by atoms with Crippen LogP contribution >= 0.6 is 11.6 Å². The number of benzene rings is 1. The van der Waals surface area contributed by atoms with E-state index in [4.69, 9.17) is 17.3 Å². The quantitative estimate of drug-likeness (QED) is 0.802. The van der Waals surface area contributed by atoms with Gasteiger partial charge in [-0.1, -0.05) is 24.6 Å². The van der Waals surface area contributed by atoms with Gasteiger partial charge in [-0.25, -0.2) is 0 Å². The summed E-state index contributed by atoms with van der Waals surface area (Å²) in [6.07, 6.45) is 0.567. The van der Waals surface area contributed by atoms with Crippen LogP contribution in [0.15, 0.2) is 18.2 Å². The Balaban J connectivity index is 2.32. The summed E-state index contributed by atoms with van der Waals surface area (Å²) in [5, 5.41) is 3.00. The number of nitrogens with one attached hydrogen (secondary N) is 1. The van der Waals surface area contributed by atoms with E-state index in [1.165, 1.54) is 0 Å². The Bertz CT molecular complexity index is 519. The van der Waals surface area contributed by atoms with Crippen molar-refractivity contribution in [2.24, 2.45) is 0 Å². The fraction of sp³-hybridized carbons (Fsp3) is 0.385. The molecule has 1 aliphatic rings. The van der Waals surface area contributed by atoms with Gasteiger partial charge in [0, 0.05) is 13.1 Å². The molecule has 19 heavy (non-hydrogen) atoms. The van der Waals surface area contributed by atoms with Crippen molar-refractivity contribution in [3.8, 4) is 0 Å². The van der Waals surface area contributed by atoms with Gasteiger partial charge in [0.15, 0.2) is 0 Å². The first-order chi connectivity index (χ1) is 9.06. The topological polar surface area (TPSA) is 75.4 Å². The van der Waals surface area contributed by atoms with Crippen molar-refractivity contribution in [3.05, 3.63) is 28.8 Å². The molecule has 0 spiro atoms. The number of carbonyl (C=O) groups excluding carboxylic acids is 2. The number of nitrogen functional groups attached to an aromatic ring is 1. The van der Waals surface area contributed by atoms with Gasteiger partial charge in [0.2, 0.25) is 5.91 Å². The second-order valence-corrected chi connectivity index (χ2v) is 4.80. The van der Waals surface area contributed by atoms with E-state index in [1.54, 1.807) is 23.1 Å². The Morgan fingerprint density at radius 1 is 1.58 bits per heavy atom. The van der Waals surface area contributed by atoms with Crippen LogP contribution in [0.1, 0.15) is 23.7 Å². The molecular weight excluding hydrogens is 266 g/mol. The van der Waals surface area contributed by atoms with E-state index < -0.39 is 6.04 Å². The van der Waals surface area contributed by atoms with Crippen molar-refractivity contribution in [2.45, 2.75) is 19.4 Å². The highest BCUT2D eigenvalue weighted by Crippen LogP contribution is 2.25. The van der Waals surface area contributed by atoms with Gasteiger partial charge in [-0.3, -0.25) is 9.59 Å². The van der Waals surface area contributed by atoms with E-state index in [0.717, 1.165) is 0 Å². The van der Waals surface area contributed by atoms with E-state index in [1.807, 2.05) is 6.92 Å². The number of hydrogen-bond donors (Lipinski definition) is 2. The molecule has 1 aromatic carbocycles. The second-order valence-electron chi connectivity index (χ2n) is 4.42. The van der Waals surface area contributed by atoms with Gasteiger partial charge in [0.05, 0.1) is 16.3 Å². The Labute approximate surface area is 116 Å². The van der Waals surface area contributed by atoms with Gasteiger partial charge in [-0.05, 0) is 18.6 Å². The van der Waals surface area contributed by atoms with E-state index in [-0.39, 0.29) is 16.8 Å². The van der Waals surface area contributed by atoms with Crippen molar-refractivity contribution >= 4 is 29.1 Å². The summed E-state index contributed by atoms with van der Waals surface area (Å²) in [6.45, 7) is 2.81. The van der Waals surface area contributed by atoms with Gasteiger partial charge < -0.3 is 16.0 Å². The molecule has 0 bridgehead atoms. The molecule has 1 aromatic rings. The smallest absolute Gasteiger partial charge is 0.256 e. The maximum atomic E-state index is 12.5. The van der Waals surface area contributed by atoms with Crippen molar-refractivity contribution < 1.29 is 9.59 Å². The molecule has 5 nitrogen and oxygen atoms in total. The first-order valence-corrected chi connectivity index (χ1v) is 6.56. The number of hydrogen-bond acceptors (Lipinski definition) is 3. The molecule has 2 amide bonds.